The maximum atomic E-state index is 12.8. The van der Waals surface area contributed by atoms with Crippen LogP contribution < -0.4 is 0 Å². The second-order valence-electron chi connectivity index (χ2n) is 2.15. The van der Waals surface area contributed by atoms with Crippen molar-refractivity contribution < 1.29 is 9.50 Å². The number of rotatable bonds is 1. The molecule has 0 heterocycles. The molecule has 1 nitrogen and oxygen atoms in total. The second kappa shape index (κ2) is 3.19. The highest BCUT2D eigenvalue weighted by Gasteiger charge is 2.02. The third-order valence-corrected chi connectivity index (χ3v) is 1.42. The molecular formula is C9H9FO. The normalized spacial score (nSPS) is 11.6. The molecular weight excluding hydrogens is 143 g/mol. The topological polar surface area (TPSA) is 20.2 Å². The highest BCUT2D eigenvalue weighted by molar-refractivity contribution is 5.58. The van der Waals surface area contributed by atoms with Crippen molar-refractivity contribution in [3.8, 4) is 0 Å². The molecule has 0 radical (unpaired) electrons. The number of aliphatic hydroxyl groups is 1. The average molecular weight is 152 g/mol. The lowest BCUT2D eigenvalue weighted by Crippen LogP contribution is -1.86. The molecule has 0 fully saturated rings. The van der Waals surface area contributed by atoms with Crippen LogP contribution >= 0.6 is 0 Å². The lowest BCUT2D eigenvalue weighted by Gasteiger charge is -1.99. The lowest BCUT2D eigenvalue weighted by atomic mass is 10.2. The summed E-state index contributed by atoms with van der Waals surface area (Å²) in [7, 11) is 0. The van der Waals surface area contributed by atoms with Gasteiger partial charge in [-0.05, 0) is 25.1 Å². The van der Waals surface area contributed by atoms with Gasteiger partial charge in [0.05, 0.1) is 5.56 Å². The zero-order valence-corrected chi connectivity index (χ0v) is 6.21. The molecule has 1 aromatic carbocycles. The fraction of sp³-hybridized carbons (Fsp3) is 0.111. The zero-order chi connectivity index (χ0) is 8.27. The molecule has 0 saturated heterocycles. The molecule has 0 atom stereocenters. The quantitative estimate of drug-likeness (QED) is 0.613. The minimum Gasteiger partial charge on any atom is -0.508 e. The van der Waals surface area contributed by atoms with Gasteiger partial charge in [0.2, 0.25) is 0 Å². The summed E-state index contributed by atoms with van der Waals surface area (Å²) < 4.78 is 12.8. The molecule has 1 N–H and O–H groups in total. The van der Waals surface area contributed by atoms with E-state index in [1.807, 2.05) is 0 Å². The van der Waals surface area contributed by atoms with E-state index in [-0.39, 0.29) is 11.3 Å². The Bertz CT molecular complexity index is 279. The van der Waals surface area contributed by atoms with Crippen molar-refractivity contribution in [2.75, 3.05) is 0 Å². The van der Waals surface area contributed by atoms with Crippen LogP contribution in [0.25, 0.3) is 5.76 Å². The third-order valence-electron chi connectivity index (χ3n) is 1.42. The van der Waals surface area contributed by atoms with E-state index in [1.54, 1.807) is 19.1 Å². The van der Waals surface area contributed by atoms with E-state index in [1.165, 1.54) is 18.2 Å². The molecule has 0 spiro atoms. The van der Waals surface area contributed by atoms with Gasteiger partial charge in [0.1, 0.15) is 11.6 Å². The average Bonchev–Trinajstić information content (AvgIpc) is 2.04. The monoisotopic (exact) mass is 152 g/mol. The predicted octanol–water partition coefficient (Wildman–Crippen LogP) is 2.74. The van der Waals surface area contributed by atoms with Gasteiger partial charge in [-0.3, -0.25) is 0 Å². The standard InChI is InChI=1S/C9H9FO/c1-2-9(11)7-5-3-4-6-8(7)10/h2-6,11H,1H3. The van der Waals surface area contributed by atoms with E-state index >= 15 is 0 Å². The van der Waals surface area contributed by atoms with Crippen molar-refractivity contribution in [2.24, 2.45) is 0 Å². The molecule has 0 aliphatic carbocycles. The molecule has 0 unspecified atom stereocenters. The van der Waals surface area contributed by atoms with Gasteiger partial charge in [-0.1, -0.05) is 12.1 Å². The van der Waals surface area contributed by atoms with Crippen molar-refractivity contribution in [1.82, 2.24) is 0 Å². The number of benzene rings is 1. The summed E-state index contributed by atoms with van der Waals surface area (Å²) in [6, 6.07) is 6.11. The van der Waals surface area contributed by atoms with E-state index in [2.05, 4.69) is 0 Å². The first kappa shape index (κ1) is 7.79. The molecule has 1 aromatic rings. The molecule has 1 rings (SSSR count). The molecule has 58 valence electrons. The molecule has 11 heavy (non-hydrogen) atoms. The van der Waals surface area contributed by atoms with Crippen LogP contribution in [0.1, 0.15) is 12.5 Å². The van der Waals surface area contributed by atoms with Crippen LogP contribution in [-0.2, 0) is 0 Å². The van der Waals surface area contributed by atoms with Crippen molar-refractivity contribution in [2.45, 2.75) is 6.92 Å². The number of hydrogen-bond acceptors (Lipinski definition) is 1. The minimum absolute atomic E-state index is 0.0249. The van der Waals surface area contributed by atoms with Crippen LogP contribution in [0.4, 0.5) is 4.39 Å². The smallest absolute Gasteiger partial charge is 0.134 e. The van der Waals surface area contributed by atoms with Gasteiger partial charge >= 0.3 is 0 Å². The fourth-order valence-electron chi connectivity index (χ4n) is 0.824. The van der Waals surface area contributed by atoms with E-state index in [0.29, 0.717) is 0 Å². The summed E-state index contributed by atoms with van der Waals surface area (Å²) in [6.07, 6.45) is 1.46. The summed E-state index contributed by atoms with van der Waals surface area (Å²) in [6.45, 7) is 1.65. The maximum Gasteiger partial charge on any atom is 0.134 e. The van der Waals surface area contributed by atoms with Crippen LogP contribution in [0.2, 0.25) is 0 Å². The van der Waals surface area contributed by atoms with Gasteiger partial charge in [-0.25, -0.2) is 4.39 Å². The van der Waals surface area contributed by atoms with E-state index < -0.39 is 5.82 Å². The Labute approximate surface area is 64.8 Å². The molecule has 2 heteroatoms. The van der Waals surface area contributed by atoms with E-state index in [0.717, 1.165) is 0 Å². The Morgan fingerprint density at radius 3 is 2.64 bits per heavy atom. The van der Waals surface area contributed by atoms with Gasteiger partial charge in [-0.15, -0.1) is 0 Å². The van der Waals surface area contributed by atoms with Crippen molar-refractivity contribution in [3.05, 3.63) is 41.7 Å². The summed E-state index contributed by atoms with van der Waals surface area (Å²) in [5, 5.41) is 9.13. The Balaban J connectivity index is 3.14. The number of aliphatic hydroxyl groups excluding tert-OH is 1. The van der Waals surface area contributed by atoms with Gasteiger partial charge in [0.25, 0.3) is 0 Å². The summed E-state index contributed by atoms with van der Waals surface area (Å²) in [4.78, 5) is 0. The summed E-state index contributed by atoms with van der Waals surface area (Å²) >= 11 is 0. The van der Waals surface area contributed by atoms with Gasteiger partial charge in [0, 0.05) is 0 Å². The first-order chi connectivity index (χ1) is 5.25. The maximum absolute atomic E-state index is 12.8. The first-order valence-electron chi connectivity index (χ1n) is 3.36. The van der Waals surface area contributed by atoms with Gasteiger partial charge in [0.15, 0.2) is 0 Å². The lowest BCUT2D eigenvalue weighted by molar-refractivity contribution is 0.501. The van der Waals surface area contributed by atoms with Crippen molar-refractivity contribution >= 4 is 5.76 Å². The molecule has 0 saturated carbocycles. The number of halogens is 1. The van der Waals surface area contributed by atoms with Gasteiger partial charge < -0.3 is 5.11 Å². The molecule has 0 amide bonds. The molecule has 0 bridgehead atoms. The minimum atomic E-state index is -0.400. The SMILES string of the molecule is CC=C(O)c1ccccc1F. The van der Waals surface area contributed by atoms with Crippen molar-refractivity contribution in [1.29, 1.82) is 0 Å². The largest absolute Gasteiger partial charge is 0.508 e. The summed E-state index contributed by atoms with van der Waals surface area (Å²) in [5.41, 5.74) is 0.245. The Morgan fingerprint density at radius 1 is 1.45 bits per heavy atom. The third kappa shape index (κ3) is 1.58. The Kier molecular flexibility index (Phi) is 2.26. The predicted molar refractivity (Wildman–Crippen MR) is 42.7 cm³/mol. The first-order valence-corrected chi connectivity index (χ1v) is 3.36. The second-order valence-corrected chi connectivity index (χ2v) is 2.15. The van der Waals surface area contributed by atoms with Crippen LogP contribution in [0.15, 0.2) is 30.3 Å². The molecule has 0 aliphatic rings. The highest BCUT2D eigenvalue weighted by atomic mass is 19.1. The van der Waals surface area contributed by atoms with Crippen molar-refractivity contribution in [3.63, 3.8) is 0 Å². The van der Waals surface area contributed by atoms with Crippen LogP contribution in [0, 0.1) is 5.82 Å². The summed E-state index contributed by atoms with van der Waals surface area (Å²) in [5.74, 6) is -0.425. The number of hydrogen-bond donors (Lipinski definition) is 1. The zero-order valence-electron chi connectivity index (χ0n) is 6.21. The Hall–Kier alpha value is -1.31. The van der Waals surface area contributed by atoms with Crippen LogP contribution in [0.5, 0.6) is 0 Å². The number of allylic oxidation sites excluding steroid dienone is 1. The van der Waals surface area contributed by atoms with Crippen LogP contribution in [0.3, 0.4) is 0 Å². The highest BCUT2D eigenvalue weighted by Crippen LogP contribution is 2.14. The molecule has 0 aliphatic heterocycles. The van der Waals surface area contributed by atoms with E-state index in [4.69, 9.17) is 5.11 Å². The van der Waals surface area contributed by atoms with Crippen LogP contribution in [-0.4, -0.2) is 5.11 Å². The molecule has 0 aromatic heterocycles. The Morgan fingerprint density at radius 2 is 2.09 bits per heavy atom. The fourth-order valence-corrected chi connectivity index (χ4v) is 0.824. The van der Waals surface area contributed by atoms with Gasteiger partial charge in [-0.2, -0.15) is 0 Å². The van der Waals surface area contributed by atoms with E-state index in [9.17, 15) is 4.39 Å².